The van der Waals surface area contributed by atoms with E-state index >= 15 is 0 Å². The lowest BCUT2D eigenvalue weighted by molar-refractivity contribution is 0.196. The first kappa shape index (κ1) is 18.3. The van der Waals surface area contributed by atoms with Gasteiger partial charge in [0.1, 0.15) is 11.6 Å². The number of nitrogens with zero attached hydrogens (tertiary/aromatic N) is 2. The quantitative estimate of drug-likeness (QED) is 0.908. The van der Waals surface area contributed by atoms with Crippen molar-refractivity contribution in [3.8, 4) is 5.75 Å². The van der Waals surface area contributed by atoms with Crippen LogP contribution in [-0.4, -0.2) is 57.8 Å². The molecule has 1 aromatic rings. The van der Waals surface area contributed by atoms with Crippen molar-refractivity contribution in [2.45, 2.75) is 12.8 Å². The number of hydrogen-bond donors (Lipinski definition) is 1. The number of hydrogen-bond acceptors (Lipinski definition) is 4. The summed E-state index contributed by atoms with van der Waals surface area (Å²) in [5, 5.41) is 3.42. The van der Waals surface area contributed by atoms with E-state index < -0.39 is 0 Å². The van der Waals surface area contributed by atoms with Gasteiger partial charge in [-0.25, -0.2) is 4.39 Å². The normalized spacial score (nSPS) is 20.2. The average molecular weight is 344 g/mol. The van der Waals surface area contributed by atoms with Crippen molar-refractivity contribution in [3.63, 3.8) is 0 Å². The zero-order chi connectivity index (χ0) is 15.4. The molecule has 1 aromatic carbocycles. The zero-order valence-corrected chi connectivity index (χ0v) is 14.6. The largest absolute Gasteiger partial charge is 0.497 e. The van der Waals surface area contributed by atoms with Gasteiger partial charge in [0.05, 0.1) is 12.8 Å². The van der Waals surface area contributed by atoms with Crippen molar-refractivity contribution >= 4 is 18.1 Å². The van der Waals surface area contributed by atoms with Crippen LogP contribution in [-0.2, 0) is 0 Å². The second-order valence-corrected chi connectivity index (χ2v) is 6.30. The highest BCUT2D eigenvalue weighted by Crippen LogP contribution is 2.26. The van der Waals surface area contributed by atoms with Gasteiger partial charge in [-0.1, -0.05) is 0 Å². The summed E-state index contributed by atoms with van der Waals surface area (Å²) in [4.78, 5) is 4.67. The van der Waals surface area contributed by atoms with E-state index in [1.165, 1.54) is 25.5 Å². The Labute approximate surface area is 144 Å². The van der Waals surface area contributed by atoms with Crippen LogP contribution in [0.1, 0.15) is 12.8 Å². The summed E-state index contributed by atoms with van der Waals surface area (Å²) in [6.45, 7) is 7.29. The van der Waals surface area contributed by atoms with E-state index in [1.807, 2.05) is 0 Å². The van der Waals surface area contributed by atoms with Gasteiger partial charge in [-0.2, -0.15) is 0 Å². The number of piperidine rings is 1. The third kappa shape index (κ3) is 4.72. The van der Waals surface area contributed by atoms with Crippen molar-refractivity contribution in [3.05, 3.63) is 24.0 Å². The molecule has 2 heterocycles. The molecule has 0 aliphatic carbocycles. The predicted octanol–water partition coefficient (Wildman–Crippen LogP) is 2.38. The molecule has 6 heteroatoms. The highest BCUT2D eigenvalue weighted by molar-refractivity contribution is 5.85. The minimum Gasteiger partial charge on any atom is -0.497 e. The van der Waals surface area contributed by atoms with Crippen LogP contribution in [0.2, 0.25) is 0 Å². The standard InChI is InChI=1S/C17H26FN3O.ClH/c1-22-15-2-3-16(18)17(12-15)21-10-8-20(9-11-21)13-14-4-6-19-7-5-14;/h2-3,12,14,19H,4-11,13H2,1H3;1H. The Hall–Kier alpha value is -1.04. The van der Waals surface area contributed by atoms with Crippen molar-refractivity contribution < 1.29 is 9.13 Å². The van der Waals surface area contributed by atoms with Crippen molar-refractivity contribution in [2.75, 3.05) is 57.8 Å². The summed E-state index contributed by atoms with van der Waals surface area (Å²) >= 11 is 0. The van der Waals surface area contributed by atoms with Crippen molar-refractivity contribution in [1.29, 1.82) is 0 Å². The molecule has 0 unspecified atom stereocenters. The van der Waals surface area contributed by atoms with Crippen LogP contribution in [0.5, 0.6) is 5.75 Å². The molecule has 0 amide bonds. The summed E-state index contributed by atoms with van der Waals surface area (Å²) in [6, 6.07) is 4.97. The Morgan fingerprint density at radius 3 is 2.52 bits per heavy atom. The van der Waals surface area contributed by atoms with Gasteiger partial charge in [-0.3, -0.25) is 4.90 Å². The number of ether oxygens (including phenoxy) is 1. The Morgan fingerprint density at radius 1 is 1.17 bits per heavy atom. The van der Waals surface area contributed by atoms with Gasteiger partial charge in [0.2, 0.25) is 0 Å². The molecule has 3 rings (SSSR count). The van der Waals surface area contributed by atoms with E-state index in [1.54, 1.807) is 19.2 Å². The van der Waals surface area contributed by atoms with E-state index in [9.17, 15) is 4.39 Å². The molecule has 0 atom stereocenters. The number of rotatable bonds is 4. The van der Waals surface area contributed by atoms with Crippen LogP contribution in [0.4, 0.5) is 10.1 Å². The molecule has 1 N–H and O–H groups in total. The molecule has 23 heavy (non-hydrogen) atoms. The van der Waals surface area contributed by atoms with Crippen LogP contribution in [0.25, 0.3) is 0 Å². The monoisotopic (exact) mass is 343 g/mol. The summed E-state index contributed by atoms with van der Waals surface area (Å²) in [5.74, 6) is 1.38. The summed E-state index contributed by atoms with van der Waals surface area (Å²) in [7, 11) is 1.62. The SMILES string of the molecule is COc1ccc(F)c(N2CCN(CC3CCNCC3)CC2)c1.Cl. The van der Waals surface area contributed by atoms with Crippen LogP contribution in [0.3, 0.4) is 0 Å². The fourth-order valence-corrected chi connectivity index (χ4v) is 3.46. The molecule has 0 spiro atoms. The van der Waals surface area contributed by atoms with Crippen LogP contribution < -0.4 is 15.0 Å². The first-order valence-corrected chi connectivity index (χ1v) is 8.28. The van der Waals surface area contributed by atoms with Gasteiger partial charge in [-0.15, -0.1) is 12.4 Å². The smallest absolute Gasteiger partial charge is 0.146 e. The third-order valence-electron chi connectivity index (χ3n) is 4.84. The van der Waals surface area contributed by atoms with E-state index in [2.05, 4.69) is 15.1 Å². The van der Waals surface area contributed by atoms with Crippen LogP contribution >= 0.6 is 12.4 Å². The minimum absolute atomic E-state index is 0. The molecule has 2 fully saturated rings. The molecule has 0 radical (unpaired) electrons. The lowest BCUT2D eigenvalue weighted by Crippen LogP contribution is -2.48. The topological polar surface area (TPSA) is 27.7 Å². The molecule has 2 aliphatic rings. The van der Waals surface area contributed by atoms with Crippen molar-refractivity contribution in [2.24, 2.45) is 5.92 Å². The second-order valence-electron chi connectivity index (χ2n) is 6.30. The molecule has 4 nitrogen and oxygen atoms in total. The third-order valence-corrected chi connectivity index (χ3v) is 4.84. The Bertz CT molecular complexity index is 489. The van der Waals surface area contributed by atoms with Gasteiger partial charge < -0.3 is 15.0 Å². The lowest BCUT2D eigenvalue weighted by atomic mass is 9.97. The zero-order valence-electron chi connectivity index (χ0n) is 13.8. The molecular weight excluding hydrogens is 317 g/mol. The minimum atomic E-state index is -0.160. The number of halogens is 2. The number of methoxy groups -OCH3 is 1. The molecule has 0 saturated carbocycles. The molecule has 2 saturated heterocycles. The fraction of sp³-hybridized carbons (Fsp3) is 0.647. The fourth-order valence-electron chi connectivity index (χ4n) is 3.46. The van der Waals surface area contributed by atoms with Gasteiger partial charge >= 0.3 is 0 Å². The summed E-state index contributed by atoms with van der Waals surface area (Å²) < 4.78 is 19.3. The van der Waals surface area contributed by atoms with Gasteiger partial charge in [0, 0.05) is 38.8 Å². The average Bonchev–Trinajstić information content (AvgIpc) is 2.57. The predicted molar refractivity (Wildman–Crippen MR) is 94.4 cm³/mol. The van der Waals surface area contributed by atoms with E-state index in [0.29, 0.717) is 11.4 Å². The number of benzene rings is 1. The number of anilines is 1. The first-order valence-electron chi connectivity index (χ1n) is 8.28. The molecule has 130 valence electrons. The second kappa shape index (κ2) is 8.71. The Kier molecular flexibility index (Phi) is 6.93. The van der Waals surface area contributed by atoms with E-state index in [-0.39, 0.29) is 18.2 Å². The van der Waals surface area contributed by atoms with Gasteiger partial charge in [0.15, 0.2) is 0 Å². The molecular formula is C17H27ClFN3O. The summed E-state index contributed by atoms with van der Waals surface area (Å²) in [6.07, 6.45) is 2.56. The maximum absolute atomic E-state index is 14.0. The molecule has 0 bridgehead atoms. The van der Waals surface area contributed by atoms with Crippen molar-refractivity contribution in [1.82, 2.24) is 10.2 Å². The van der Waals surface area contributed by atoms with Gasteiger partial charge in [-0.05, 0) is 44.0 Å². The Balaban J connectivity index is 0.00000192. The Morgan fingerprint density at radius 2 is 1.87 bits per heavy atom. The number of piperazine rings is 1. The molecule has 2 aliphatic heterocycles. The van der Waals surface area contributed by atoms with Crippen LogP contribution in [0, 0.1) is 11.7 Å². The van der Waals surface area contributed by atoms with E-state index in [4.69, 9.17) is 4.74 Å². The van der Waals surface area contributed by atoms with Crippen LogP contribution in [0.15, 0.2) is 18.2 Å². The lowest BCUT2D eigenvalue weighted by Gasteiger charge is -2.38. The highest BCUT2D eigenvalue weighted by Gasteiger charge is 2.23. The number of nitrogens with one attached hydrogen (secondary N) is 1. The van der Waals surface area contributed by atoms with Gasteiger partial charge in [0.25, 0.3) is 0 Å². The maximum atomic E-state index is 14.0. The highest BCUT2D eigenvalue weighted by atomic mass is 35.5. The summed E-state index contributed by atoms with van der Waals surface area (Å²) in [5.41, 5.74) is 0.667. The van der Waals surface area contributed by atoms with E-state index in [0.717, 1.165) is 45.2 Å². The first-order chi connectivity index (χ1) is 10.8. The maximum Gasteiger partial charge on any atom is 0.146 e. The molecule has 0 aromatic heterocycles.